The van der Waals surface area contributed by atoms with Crippen LogP contribution >= 0.6 is 0 Å². The average Bonchev–Trinajstić information content (AvgIpc) is 3.26. The molecule has 140 valence electrons. The number of nitrogens with one attached hydrogen (secondary N) is 1. The lowest BCUT2D eigenvalue weighted by molar-refractivity contribution is 0.0709. The highest BCUT2D eigenvalue weighted by molar-refractivity contribution is 5.92. The summed E-state index contributed by atoms with van der Waals surface area (Å²) in [5.74, 6) is 1.78. The van der Waals surface area contributed by atoms with Crippen LogP contribution in [-0.4, -0.2) is 38.6 Å². The molecule has 0 saturated carbocycles. The third kappa shape index (κ3) is 4.02. The van der Waals surface area contributed by atoms with E-state index in [1.54, 1.807) is 19.2 Å². The third-order valence-corrected chi connectivity index (χ3v) is 4.87. The largest absolute Gasteiger partial charge is 0.370 e. The second kappa shape index (κ2) is 7.65. The maximum absolute atomic E-state index is 12.9. The number of aromatic nitrogens is 3. The van der Waals surface area contributed by atoms with Crippen LogP contribution in [0.2, 0.25) is 0 Å². The molecule has 0 spiro atoms. The van der Waals surface area contributed by atoms with Crippen LogP contribution in [0.3, 0.4) is 0 Å². The van der Waals surface area contributed by atoms with Crippen molar-refractivity contribution in [3.63, 3.8) is 0 Å². The summed E-state index contributed by atoms with van der Waals surface area (Å²) < 4.78 is 7.33. The zero-order chi connectivity index (χ0) is 18.6. The van der Waals surface area contributed by atoms with Gasteiger partial charge in [-0.1, -0.05) is 11.2 Å². The monoisotopic (exact) mass is 365 g/mol. The Morgan fingerprint density at radius 3 is 3.00 bits per heavy atom. The molecule has 1 aliphatic rings. The van der Waals surface area contributed by atoms with E-state index in [2.05, 4.69) is 32.3 Å². The molecule has 4 rings (SSSR count). The summed E-state index contributed by atoms with van der Waals surface area (Å²) in [6.07, 6.45) is 4.80. The highest BCUT2D eigenvalue weighted by Crippen LogP contribution is 2.21. The van der Waals surface area contributed by atoms with Gasteiger partial charge in [-0.15, -0.1) is 0 Å². The lowest BCUT2D eigenvalue weighted by Crippen LogP contribution is -2.34. The Labute approximate surface area is 158 Å². The van der Waals surface area contributed by atoms with E-state index in [9.17, 15) is 4.79 Å². The molecule has 1 atom stereocenters. The summed E-state index contributed by atoms with van der Waals surface area (Å²) in [7, 11) is 0. The summed E-state index contributed by atoms with van der Waals surface area (Å²) >= 11 is 0. The lowest BCUT2D eigenvalue weighted by Gasteiger charge is -2.23. The van der Waals surface area contributed by atoms with Crippen molar-refractivity contribution in [1.82, 2.24) is 19.6 Å². The summed E-state index contributed by atoms with van der Waals surface area (Å²) in [5.41, 5.74) is 1.52. The first kappa shape index (κ1) is 17.3. The van der Waals surface area contributed by atoms with Gasteiger partial charge in [0.15, 0.2) is 5.69 Å². The summed E-state index contributed by atoms with van der Waals surface area (Å²) in [6.45, 7) is 4.78. The van der Waals surface area contributed by atoms with Crippen molar-refractivity contribution >= 4 is 11.7 Å². The van der Waals surface area contributed by atoms with Gasteiger partial charge in [0.25, 0.3) is 5.91 Å². The molecule has 7 heteroatoms. The molecule has 1 amide bonds. The van der Waals surface area contributed by atoms with E-state index in [4.69, 9.17) is 4.52 Å². The SMILES string of the molecule is Cc1cc(C(=O)N2Cc3cccn3C[C@@H](CCNc3ccccn3)C2)no1. The molecular weight excluding hydrogens is 342 g/mol. The minimum atomic E-state index is -0.0795. The van der Waals surface area contributed by atoms with Crippen molar-refractivity contribution in [2.75, 3.05) is 18.4 Å². The summed E-state index contributed by atoms with van der Waals surface area (Å²) in [4.78, 5) is 19.1. The van der Waals surface area contributed by atoms with Crippen molar-refractivity contribution in [1.29, 1.82) is 0 Å². The highest BCUT2D eigenvalue weighted by Gasteiger charge is 2.27. The first-order valence-corrected chi connectivity index (χ1v) is 9.20. The van der Waals surface area contributed by atoms with Gasteiger partial charge >= 0.3 is 0 Å². The van der Waals surface area contributed by atoms with Gasteiger partial charge in [0, 0.05) is 43.8 Å². The molecule has 1 aliphatic heterocycles. The number of nitrogens with zero attached hydrogens (tertiary/aromatic N) is 4. The Kier molecular flexibility index (Phi) is 4.91. The number of carbonyl (C=O) groups is 1. The van der Waals surface area contributed by atoms with Crippen LogP contribution in [0.4, 0.5) is 5.82 Å². The van der Waals surface area contributed by atoms with Gasteiger partial charge in [-0.3, -0.25) is 4.79 Å². The first-order chi connectivity index (χ1) is 13.2. The minimum absolute atomic E-state index is 0.0795. The van der Waals surface area contributed by atoms with Crippen LogP contribution in [0.5, 0.6) is 0 Å². The van der Waals surface area contributed by atoms with Crippen LogP contribution in [0.25, 0.3) is 0 Å². The van der Waals surface area contributed by atoms with Crippen LogP contribution in [0.1, 0.15) is 28.4 Å². The van der Waals surface area contributed by atoms with Gasteiger partial charge in [-0.05, 0) is 43.5 Å². The predicted molar refractivity (Wildman–Crippen MR) is 101 cm³/mol. The van der Waals surface area contributed by atoms with Crippen LogP contribution in [0, 0.1) is 12.8 Å². The zero-order valence-electron chi connectivity index (χ0n) is 15.3. The number of hydrogen-bond acceptors (Lipinski definition) is 5. The fraction of sp³-hybridized carbons (Fsp3) is 0.350. The number of fused-ring (bicyclic) bond motifs is 1. The van der Waals surface area contributed by atoms with Crippen molar-refractivity contribution < 1.29 is 9.32 Å². The quantitative estimate of drug-likeness (QED) is 0.752. The number of hydrogen-bond donors (Lipinski definition) is 1. The minimum Gasteiger partial charge on any atom is -0.370 e. The van der Waals surface area contributed by atoms with Crippen molar-refractivity contribution in [2.45, 2.75) is 26.4 Å². The van der Waals surface area contributed by atoms with Crippen LogP contribution < -0.4 is 5.32 Å². The molecule has 0 saturated heterocycles. The average molecular weight is 365 g/mol. The maximum atomic E-state index is 12.9. The number of aryl methyl sites for hydroxylation is 1. The molecule has 3 aromatic heterocycles. The number of amides is 1. The Morgan fingerprint density at radius 1 is 1.30 bits per heavy atom. The number of carbonyl (C=O) groups excluding carboxylic acids is 1. The molecule has 27 heavy (non-hydrogen) atoms. The molecule has 0 radical (unpaired) electrons. The molecule has 0 aliphatic carbocycles. The molecule has 0 fully saturated rings. The standard InChI is InChI=1S/C20H23N5O2/c1-15-11-18(23-27-15)20(26)25-13-16(12-24-10-4-5-17(24)14-25)7-9-22-19-6-2-3-8-21-19/h2-6,8,10-11,16H,7,9,12-14H2,1H3,(H,21,22)/t16-/m1/s1. The molecular formula is C20H23N5O2. The van der Waals surface area contributed by atoms with Gasteiger partial charge in [0.05, 0.1) is 6.54 Å². The Bertz CT molecular complexity index is 902. The molecule has 7 nitrogen and oxygen atoms in total. The van der Waals surface area contributed by atoms with E-state index in [0.29, 0.717) is 30.5 Å². The maximum Gasteiger partial charge on any atom is 0.276 e. The Balaban J connectivity index is 1.46. The van der Waals surface area contributed by atoms with Crippen molar-refractivity contribution in [3.05, 3.63) is 65.9 Å². The first-order valence-electron chi connectivity index (χ1n) is 9.20. The number of anilines is 1. The zero-order valence-corrected chi connectivity index (χ0v) is 15.3. The summed E-state index contributed by atoms with van der Waals surface area (Å²) in [5, 5.41) is 7.26. The summed E-state index contributed by atoms with van der Waals surface area (Å²) in [6, 6.07) is 11.6. The predicted octanol–water partition coefficient (Wildman–Crippen LogP) is 2.95. The molecule has 0 aromatic carbocycles. The second-order valence-corrected chi connectivity index (χ2v) is 6.96. The van der Waals surface area contributed by atoms with E-state index in [1.807, 2.05) is 29.2 Å². The number of pyridine rings is 1. The fourth-order valence-electron chi connectivity index (χ4n) is 3.52. The van der Waals surface area contributed by atoms with Gasteiger partial charge in [-0.2, -0.15) is 0 Å². The van der Waals surface area contributed by atoms with E-state index in [0.717, 1.165) is 31.0 Å². The fourth-order valence-corrected chi connectivity index (χ4v) is 3.52. The molecule has 1 N–H and O–H groups in total. The molecule has 0 unspecified atom stereocenters. The smallest absolute Gasteiger partial charge is 0.276 e. The highest BCUT2D eigenvalue weighted by atomic mass is 16.5. The molecule has 4 heterocycles. The van der Waals surface area contributed by atoms with Gasteiger partial charge in [-0.25, -0.2) is 4.98 Å². The van der Waals surface area contributed by atoms with Crippen molar-refractivity contribution in [2.24, 2.45) is 5.92 Å². The lowest BCUT2D eigenvalue weighted by atomic mass is 10.0. The number of rotatable bonds is 5. The Hall–Kier alpha value is -3.09. The normalized spacial score (nSPS) is 16.6. The van der Waals surface area contributed by atoms with E-state index in [1.165, 1.54) is 0 Å². The van der Waals surface area contributed by atoms with E-state index < -0.39 is 0 Å². The van der Waals surface area contributed by atoms with Gasteiger partial charge < -0.3 is 19.3 Å². The third-order valence-electron chi connectivity index (χ3n) is 4.87. The Morgan fingerprint density at radius 2 is 2.22 bits per heavy atom. The van der Waals surface area contributed by atoms with E-state index >= 15 is 0 Å². The van der Waals surface area contributed by atoms with Gasteiger partial charge in [0.1, 0.15) is 11.6 Å². The molecule has 3 aromatic rings. The van der Waals surface area contributed by atoms with Gasteiger partial charge in [0.2, 0.25) is 0 Å². The topological polar surface area (TPSA) is 76.2 Å². The van der Waals surface area contributed by atoms with E-state index in [-0.39, 0.29) is 5.91 Å². The molecule has 0 bridgehead atoms. The van der Waals surface area contributed by atoms with Crippen LogP contribution in [0.15, 0.2) is 53.3 Å². The van der Waals surface area contributed by atoms with Crippen molar-refractivity contribution in [3.8, 4) is 0 Å². The van der Waals surface area contributed by atoms with Crippen LogP contribution in [-0.2, 0) is 13.1 Å². The second-order valence-electron chi connectivity index (χ2n) is 6.96.